The summed E-state index contributed by atoms with van der Waals surface area (Å²) in [6.07, 6.45) is 1.65. The molecule has 1 aromatic carbocycles. The van der Waals surface area contributed by atoms with Crippen LogP contribution in [0.2, 0.25) is 0 Å². The summed E-state index contributed by atoms with van der Waals surface area (Å²) in [6.45, 7) is 9.22. The van der Waals surface area contributed by atoms with E-state index in [1.807, 2.05) is 40.6 Å². The monoisotopic (exact) mass is 398 g/mol. The lowest BCUT2D eigenvalue weighted by Gasteiger charge is -2.41. The number of benzene rings is 1. The molecule has 0 spiro atoms. The molecule has 5 nitrogen and oxygen atoms in total. The average molecular weight is 399 g/mol. The Morgan fingerprint density at radius 2 is 1.89 bits per heavy atom. The van der Waals surface area contributed by atoms with Crippen molar-refractivity contribution in [2.45, 2.75) is 52.6 Å². The molecule has 1 aliphatic rings. The van der Waals surface area contributed by atoms with Crippen molar-refractivity contribution in [2.24, 2.45) is 11.8 Å². The predicted molar refractivity (Wildman–Crippen MR) is 116 cm³/mol. The van der Waals surface area contributed by atoms with E-state index in [9.17, 15) is 4.79 Å². The molecule has 2 heterocycles. The number of aromatic nitrogens is 1. The number of nitrogens with one attached hydrogen (secondary N) is 2. The van der Waals surface area contributed by atoms with Crippen molar-refractivity contribution in [2.75, 3.05) is 6.54 Å². The lowest BCUT2D eigenvalue weighted by molar-refractivity contribution is -0.129. The molecule has 0 radical (unpaired) electrons. The van der Waals surface area contributed by atoms with Gasteiger partial charge in [-0.25, -0.2) is 4.98 Å². The smallest absolute Gasteiger partial charge is 0.243 e. The fourth-order valence-electron chi connectivity index (χ4n) is 3.72. The Balaban J connectivity index is 1.85. The topological polar surface area (TPSA) is 69.1 Å². The molecule has 2 N–H and O–H groups in total. The highest BCUT2D eigenvalue weighted by molar-refractivity contribution is 7.13. The zero-order valence-corrected chi connectivity index (χ0v) is 17.9. The van der Waals surface area contributed by atoms with Gasteiger partial charge in [0.15, 0.2) is 0 Å². The summed E-state index contributed by atoms with van der Waals surface area (Å²) in [7, 11) is 0. The van der Waals surface area contributed by atoms with E-state index in [0.29, 0.717) is 29.9 Å². The molecule has 1 aliphatic heterocycles. The molecule has 6 heteroatoms. The summed E-state index contributed by atoms with van der Waals surface area (Å²) < 4.78 is 0. The van der Waals surface area contributed by atoms with Crippen molar-refractivity contribution in [3.8, 4) is 10.6 Å². The van der Waals surface area contributed by atoms with Gasteiger partial charge in [0.25, 0.3) is 0 Å². The third-order valence-electron chi connectivity index (χ3n) is 4.95. The molecule has 2 atom stereocenters. The first kappa shape index (κ1) is 20.5. The van der Waals surface area contributed by atoms with Gasteiger partial charge in [-0.3, -0.25) is 10.2 Å². The summed E-state index contributed by atoms with van der Waals surface area (Å²) >= 11 is 1.54. The van der Waals surface area contributed by atoms with E-state index in [0.717, 1.165) is 23.4 Å². The number of rotatable bonds is 6. The molecule has 1 fully saturated rings. The van der Waals surface area contributed by atoms with E-state index in [1.54, 1.807) is 11.3 Å². The second-order valence-corrected chi connectivity index (χ2v) is 9.24. The molecule has 2 aromatic rings. The van der Waals surface area contributed by atoms with Gasteiger partial charge in [-0.05, 0) is 24.7 Å². The molecule has 0 saturated carbocycles. The third kappa shape index (κ3) is 4.79. The van der Waals surface area contributed by atoms with E-state index < -0.39 is 0 Å². The summed E-state index contributed by atoms with van der Waals surface area (Å²) in [4.78, 5) is 19.5. The van der Waals surface area contributed by atoms with Gasteiger partial charge < -0.3 is 10.2 Å². The number of amides is 1. The fourth-order valence-corrected chi connectivity index (χ4v) is 4.53. The van der Waals surface area contributed by atoms with Crippen LogP contribution in [0.4, 0.5) is 0 Å². The first-order valence-electron chi connectivity index (χ1n) is 10.0. The van der Waals surface area contributed by atoms with E-state index in [4.69, 9.17) is 10.4 Å². The Bertz CT molecular complexity index is 815. The Hall–Kier alpha value is -2.21. The zero-order valence-electron chi connectivity index (χ0n) is 17.1. The second kappa shape index (κ2) is 8.86. The van der Waals surface area contributed by atoms with Gasteiger partial charge in [0, 0.05) is 23.5 Å². The predicted octanol–water partition coefficient (Wildman–Crippen LogP) is 4.40. The fraction of sp³-hybridized carbons (Fsp3) is 0.500. The normalized spacial score (nSPS) is 19.9. The van der Waals surface area contributed by atoms with Crippen LogP contribution in [0.3, 0.4) is 0 Å². The minimum Gasteiger partial charge on any atom is -0.350 e. The molecule has 3 rings (SSSR count). The second-order valence-electron chi connectivity index (χ2n) is 8.39. The van der Waals surface area contributed by atoms with Crippen LogP contribution in [0.25, 0.3) is 10.6 Å². The number of hydrogen-bond donors (Lipinski definition) is 2. The highest BCUT2D eigenvalue weighted by Gasteiger charge is 2.37. The first-order valence-corrected chi connectivity index (χ1v) is 10.9. The van der Waals surface area contributed by atoms with Gasteiger partial charge in [-0.15, -0.1) is 11.3 Å². The molecule has 1 aromatic heterocycles. The molecule has 150 valence electrons. The van der Waals surface area contributed by atoms with Crippen molar-refractivity contribution in [1.82, 2.24) is 15.2 Å². The van der Waals surface area contributed by atoms with Crippen LogP contribution in [-0.2, 0) is 4.79 Å². The number of amidine groups is 1. The Labute approximate surface area is 171 Å². The standard InChI is InChI=1S/C22H30N4OS/c1-14(2)10-17-12-26(19(11-15(3)4)21(27)24-17)20(23)18-13-28-22(25-18)16-8-6-5-7-9-16/h5-9,13-15,17,19,23H,10-12H2,1-4H3,(H,24,27)/t17-,19?/m0/s1. The summed E-state index contributed by atoms with van der Waals surface area (Å²) in [6, 6.07) is 9.79. The number of nitrogens with zero attached hydrogens (tertiary/aromatic N) is 2. The van der Waals surface area contributed by atoms with Crippen molar-refractivity contribution in [1.29, 1.82) is 5.41 Å². The van der Waals surface area contributed by atoms with Crippen LogP contribution in [0.5, 0.6) is 0 Å². The number of carbonyl (C=O) groups excluding carboxylic acids is 1. The van der Waals surface area contributed by atoms with E-state index >= 15 is 0 Å². The first-order chi connectivity index (χ1) is 13.3. The van der Waals surface area contributed by atoms with Crippen LogP contribution in [0.1, 0.15) is 46.2 Å². The van der Waals surface area contributed by atoms with Crippen LogP contribution < -0.4 is 5.32 Å². The van der Waals surface area contributed by atoms with Gasteiger partial charge in [0.1, 0.15) is 22.6 Å². The van der Waals surface area contributed by atoms with E-state index in [-0.39, 0.29) is 18.0 Å². The van der Waals surface area contributed by atoms with Crippen molar-refractivity contribution >= 4 is 23.1 Å². The molecule has 1 unspecified atom stereocenters. The number of hydrogen-bond acceptors (Lipinski definition) is 4. The minimum atomic E-state index is -0.308. The number of carbonyl (C=O) groups is 1. The lowest BCUT2D eigenvalue weighted by Crippen LogP contribution is -2.62. The Morgan fingerprint density at radius 1 is 1.21 bits per heavy atom. The van der Waals surface area contributed by atoms with Gasteiger partial charge >= 0.3 is 0 Å². The molecular formula is C22H30N4OS. The quantitative estimate of drug-likeness (QED) is 0.560. The largest absolute Gasteiger partial charge is 0.350 e. The maximum Gasteiger partial charge on any atom is 0.243 e. The minimum absolute atomic E-state index is 0.0360. The van der Waals surface area contributed by atoms with Gasteiger partial charge in [-0.2, -0.15) is 0 Å². The van der Waals surface area contributed by atoms with Crippen molar-refractivity contribution < 1.29 is 4.79 Å². The summed E-state index contributed by atoms with van der Waals surface area (Å²) in [5.74, 6) is 1.26. The van der Waals surface area contributed by atoms with E-state index in [2.05, 4.69) is 33.0 Å². The highest BCUT2D eigenvalue weighted by atomic mass is 32.1. The molecule has 0 bridgehead atoms. The van der Waals surface area contributed by atoms with Crippen molar-refractivity contribution in [3.05, 3.63) is 41.4 Å². The van der Waals surface area contributed by atoms with Crippen LogP contribution in [0, 0.1) is 17.2 Å². The maximum atomic E-state index is 12.8. The van der Waals surface area contributed by atoms with Crippen molar-refractivity contribution in [3.63, 3.8) is 0 Å². The van der Waals surface area contributed by atoms with Gasteiger partial charge in [0.05, 0.1) is 0 Å². The maximum absolute atomic E-state index is 12.8. The van der Waals surface area contributed by atoms with Crippen LogP contribution in [0.15, 0.2) is 35.7 Å². The zero-order chi connectivity index (χ0) is 20.3. The van der Waals surface area contributed by atoms with Gasteiger partial charge in [0.2, 0.25) is 5.91 Å². The van der Waals surface area contributed by atoms with Crippen LogP contribution in [-0.4, -0.2) is 40.3 Å². The SMILES string of the molecule is CC(C)CC1C(=O)N[C@@H](CC(C)C)CN1C(=N)c1csc(-c2ccccc2)n1. The molecular weight excluding hydrogens is 368 g/mol. The average Bonchev–Trinajstić information content (AvgIpc) is 3.13. The number of thiazole rings is 1. The highest BCUT2D eigenvalue weighted by Crippen LogP contribution is 2.26. The summed E-state index contributed by atoms with van der Waals surface area (Å²) in [5, 5.41) is 14.8. The Morgan fingerprint density at radius 3 is 2.54 bits per heavy atom. The molecule has 1 saturated heterocycles. The van der Waals surface area contributed by atoms with E-state index in [1.165, 1.54) is 0 Å². The third-order valence-corrected chi connectivity index (χ3v) is 5.84. The number of piperazine rings is 1. The molecule has 0 aliphatic carbocycles. The Kier molecular flexibility index (Phi) is 6.50. The lowest BCUT2D eigenvalue weighted by atomic mass is 9.94. The van der Waals surface area contributed by atoms with Crippen LogP contribution >= 0.6 is 11.3 Å². The molecule has 28 heavy (non-hydrogen) atoms. The summed E-state index contributed by atoms with van der Waals surface area (Å²) in [5.41, 5.74) is 1.70. The van der Waals surface area contributed by atoms with Gasteiger partial charge in [-0.1, -0.05) is 58.0 Å². The molecule has 1 amide bonds.